The predicted molar refractivity (Wildman–Crippen MR) is 55.4 cm³/mol. The van der Waals surface area contributed by atoms with E-state index in [0.717, 1.165) is 6.42 Å². The minimum absolute atomic E-state index is 0.0784. The Morgan fingerprint density at radius 2 is 2.07 bits per heavy atom. The summed E-state index contributed by atoms with van der Waals surface area (Å²) in [7, 11) is 4.12. The summed E-state index contributed by atoms with van der Waals surface area (Å²) in [5.41, 5.74) is 0. The van der Waals surface area contributed by atoms with Gasteiger partial charge in [0.15, 0.2) is 0 Å². The number of hydrogen-bond donors (Lipinski definition) is 2. The van der Waals surface area contributed by atoms with Crippen LogP contribution in [0.3, 0.4) is 0 Å². The Bertz CT molecular complexity index is 195. The molecule has 0 bridgehead atoms. The van der Waals surface area contributed by atoms with Crippen LogP contribution in [0.25, 0.3) is 0 Å². The van der Waals surface area contributed by atoms with E-state index in [1.807, 2.05) is 0 Å². The van der Waals surface area contributed by atoms with Crippen LogP contribution < -0.4 is 5.32 Å². The molecular weight excluding hydrogens is 180 g/mol. The molecule has 0 aromatic heterocycles. The average Bonchev–Trinajstić information content (AvgIpc) is 2.15. The quantitative estimate of drug-likeness (QED) is 0.695. The van der Waals surface area contributed by atoms with Gasteiger partial charge in [-0.1, -0.05) is 12.8 Å². The molecule has 0 aliphatic heterocycles. The van der Waals surface area contributed by atoms with Crippen molar-refractivity contribution in [3.05, 3.63) is 0 Å². The van der Waals surface area contributed by atoms with Crippen molar-refractivity contribution in [2.75, 3.05) is 20.6 Å². The van der Waals surface area contributed by atoms with Gasteiger partial charge in [-0.15, -0.1) is 0 Å². The van der Waals surface area contributed by atoms with Crippen molar-refractivity contribution in [3.63, 3.8) is 0 Å². The Morgan fingerprint density at radius 3 is 2.64 bits per heavy atom. The minimum atomic E-state index is -0.770. The zero-order valence-corrected chi connectivity index (χ0v) is 8.99. The largest absolute Gasteiger partial charge is 0.480 e. The van der Waals surface area contributed by atoms with E-state index < -0.39 is 5.97 Å². The number of likely N-dealkylation sites (N-methyl/N-ethyl adjacent to an activating group) is 1. The lowest BCUT2D eigenvalue weighted by Crippen LogP contribution is -2.50. The van der Waals surface area contributed by atoms with Crippen molar-refractivity contribution in [3.8, 4) is 0 Å². The first kappa shape index (κ1) is 11.5. The van der Waals surface area contributed by atoms with E-state index in [9.17, 15) is 4.79 Å². The van der Waals surface area contributed by atoms with Gasteiger partial charge in [0.2, 0.25) is 0 Å². The van der Waals surface area contributed by atoms with Crippen molar-refractivity contribution in [2.45, 2.75) is 37.8 Å². The van der Waals surface area contributed by atoms with Crippen LogP contribution in [0.5, 0.6) is 0 Å². The van der Waals surface area contributed by atoms with Crippen LogP contribution in [0.1, 0.15) is 25.7 Å². The van der Waals surface area contributed by atoms with Crippen LogP contribution in [0.2, 0.25) is 0 Å². The maximum atomic E-state index is 10.4. The molecule has 4 nitrogen and oxygen atoms in total. The van der Waals surface area contributed by atoms with E-state index >= 15 is 0 Å². The minimum Gasteiger partial charge on any atom is -0.480 e. The van der Waals surface area contributed by atoms with Gasteiger partial charge < -0.3 is 15.3 Å². The molecule has 1 aliphatic rings. The number of carboxylic acid groups (broad SMARTS) is 1. The Kier molecular flexibility index (Phi) is 4.35. The van der Waals surface area contributed by atoms with Crippen LogP contribution in [-0.2, 0) is 4.79 Å². The van der Waals surface area contributed by atoms with Crippen LogP contribution in [-0.4, -0.2) is 48.7 Å². The zero-order valence-electron chi connectivity index (χ0n) is 8.99. The third-order valence-corrected chi connectivity index (χ3v) is 2.91. The second kappa shape index (κ2) is 5.32. The van der Waals surface area contributed by atoms with E-state index in [2.05, 4.69) is 24.3 Å². The standard InChI is InChI=1S/C10H20N2O2/c1-12(2)9-6-4-3-5-8(9)11-7-10(13)14/h8-9,11H,3-7H2,1-2H3,(H,13,14)/t8-,9+/m1/s1. The summed E-state index contributed by atoms with van der Waals surface area (Å²) in [6.45, 7) is 0.0784. The second-order valence-corrected chi connectivity index (χ2v) is 4.20. The molecule has 1 rings (SSSR count). The molecule has 0 aromatic carbocycles. The molecule has 0 saturated heterocycles. The van der Waals surface area contributed by atoms with Crippen LogP contribution in [0.15, 0.2) is 0 Å². The lowest BCUT2D eigenvalue weighted by molar-refractivity contribution is -0.136. The van der Waals surface area contributed by atoms with E-state index in [1.165, 1.54) is 19.3 Å². The SMILES string of the molecule is CN(C)[C@H]1CCCC[C@H]1NCC(=O)O. The highest BCUT2D eigenvalue weighted by molar-refractivity contribution is 5.69. The molecule has 2 atom stereocenters. The molecular formula is C10H20N2O2. The lowest BCUT2D eigenvalue weighted by Gasteiger charge is -2.36. The zero-order chi connectivity index (χ0) is 10.6. The monoisotopic (exact) mass is 200 g/mol. The first-order valence-electron chi connectivity index (χ1n) is 5.23. The van der Waals surface area contributed by atoms with Gasteiger partial charge in [0.25, 0.3) is 0 Å². The van der Waals surface area contributed by atoms with Gasteiger partial charge in [-0.3, -0.25) is 4.79 Å². The topological polar surface area (TPSA) is 52.6 Å². The Hall–Kier alpha value is -0.610. The summed E-state index contributed by atoms with van der Waals surface area (Å²) in [6.07, 6.45) is 4.73. The summed E-state index contributed by atoms with van der Waals surface area (Å²) in [4.78, 5) is 12.6. The maximum Gasteiger partial charge on any atom is 0.317 e. The number of hydrogen-bond acceptors (Lipinski definition) is 3. The highest BCUT2D eigenvalue weighted by Gasteiger charge is 2.26. The van der Waals surface area contributed by atoms with Gasteiger partial charge >= 0.3 is 5.97 Å². The molecule has 0 unspecified atom stereocenters. The fraction of sp³-hybridized carbons (Fsp3) is 0.900. The van der Waals surface area contributed by atoms with Gasteiger partial charge in [-0.2, -0.15) is 0 Å². The average molecular weight is 200 g/mol. The summed E-state index contributed by atoms with van der Waals surface area (Å²) < 4.78 is 0. The van der Waals surface area contributed by atoms with Crippen molar-refractivity contribution in [1.82, 2.24) is 10.2 Å². The highest BCUT2D eigenvalue weighted by Crippen LogP contribution is 2.21. The molecule has 1 saturated carbocycles. The molecule has 4 heteroatoms. The number of aliphatic carboxylic acids is 1. The van der Waals surface area contributed by atoms with E-state index in [4.69, 9.17) is 5.11 Å². The summed E-state index contributed by atoms with van der Waals surface area (Å²) in [5.74, 6) is -0.770. The number of carboxylic acids is 1. The smallest absolute Gasteiger partial charge is 0.317 e. The number of nitrogens with zero attached hydrogens (tertiary/aromatic N) is 1. The fourth-order valence-corrected chi connectivity index (χ4v) is 2.19. The molecule has 1 aliphatic carbocycles. The lowest BCUT2D eigenvalue weighted by atomic mass is 9.89. The van der Waals surface area contributed by atoms with Crippen molar-refractivity contribution in [2.24, 2.45) is 0 Å². The van der Waals surface area contributed by atoms with Crippen molar-refractivity contribution in [1.29, 1.82) is 0 Å². The van der Waals surface area contributed by atoms with Gasteiger partial charge in [0, 0.05) is 12.1 Å². The molecule has 0 heterocycles. The van der Waals surface area contributed by atoms with E-state index in [0.29, 0.717) is 12.1 Å². The summed E-state index contributed by atoms with van der Waals surface area (Å²) >= 11 is 0. The molecule has 1 fully saturated rings. The molecule has 0 spiro atoms. The van der Waals surface area contributed by atoms with Gasteiger partial charge in [-0.25, -0.2) is 0 Å². The Labute approximate surface area is 85.3 Å². The summed E-state index contributed by atoms with van der Waals surface area (Å²) in [5, 5.41) is 11.7. The van der Waals surface area contributed by atoms with Crippen LogP contribution in [0, 0.1) is 0 Å². The number of carbonyl (C=O) groups is 1. The molecule has 14 heavy (non-hydrogen) atoms. The summed E-state index contributed by atoms with van der Waals surface area (Å²) in [6, 6.07) is 0.831. The normalized spacial score (nSPS) is 27.9. The van der Waals surface area contributed by atoms with E-state index in [1.54, 1.807) is 0 Å². The van der Waals surface area contributed by atoms with Gasteiger partial charge in [0.05, 0.1) is 6.54 Å². The van der Waals surface area contributed by atoms with Crippen LogP contribution >= 0.6 is 0 Å². The first-order valence-corrected chi connectivity index (χ1v) is 5.23. The maximum absolute atomic E-state index is 10.4. The van der Waals surface area contributed by atoms with Gasteiger partial charge in [0.1, 0.15) is 0 Å². The van der Waals surface area contributed by atoms with Crippen molar-refractivity contribution >= 4 is 5.97 Å². The number of nitrogens with one attached hydrogen (secondary N) is 1. The Balaban J connectivity index is 2.41. The fourth-order valence-electron chi connectivity index (χ4n) is 2.19. The second-order valence-electron chi connectivity index (χ2n) is 4.20. The molecule has 2 N–H and O–H groups in total. The molecule has 0 aromatic rings. The van der Waals surface area contributed by atoms with Gasteiger partial charge in [-0.05, 0) is 26.9 Å². The molecule has 82 valence electrons. The molecule has 0 amide bonds. The van der Waals surface area contributed by atoms with Crippen LogP contribution in [0.4, 0.5) is 0 Å². The number of rotatable bonds is 4. The third kappa shape index (κ3) is 3.27. The third-order valence-electron chi connectivity index (χ3n) is 2.91. The molecule has 0 radical (unpaired) electrons. The Morgan fingerprint density at radius 1 is 1.43 bits per heavy atom. The van der Waals surface area contributed by atoms with E-state index in [-0.39, 0.29) is 6.54 Å². The predicted octanol–water partition coefficient (Wildman–Crippen LogP) is 0.533. The highest BCUT2D eigenvalue weighted by atomic mass is 16.4. The van der Waals surface area contributed by atoms with Crippen molar-refractivity contribution < 1.29 is 9.90 Å². The first-order chi connectivity index (χ1) is 6.61.